The molecule has 0 radical (unpaired) electrons. The molecule has 0 aromatic carbocycles. The third-order valence-electron chi connectivity index (χ3n) is 17.1. The second-order valence-electron chi connectivity index (χ2n) is 39.2. The maximum atomic E-state index is 6.92. The largest absolute Gasteiger partial charge is 0.0628 e. The predicted octanol–water partition coefficient (Wildman–Crippen LogP) is 27.5. The van der Waals surface area contributed by atoms with Gasteiger partial charge in [0.25, 0.3) is 0 Å². The van der Waals surface area contributed by atoms with E-state index in [1.54, 1.807) is 59.3 Å². The highest BCUT2D eigenvalue weighted by atomic mass is 14.6. The molecule has 6 saturated carbocycles. The number of rotatable bonds is 1. The fourth-order valence-corrected chi connectivity index (χ4v) is 11.6. The molecular weight excluding hydrogens is 901 g/mol. The highest BCUT2D eigenvalue weighted by Gasteiger charge is 2.55. The Morgan fingerprint density at radius 2 is 0.627 bits per heavy atom. The van der Waals surface area contributed by atoms with Gasteiger partial charge in [0.05, 0.1) is 0 Å². The highest BCUT2D eigenvalue weighted by Crippen LogP contribution is 2.65. The molecule has 4 bridgehead atoms. The van der Waals surface area contributed by atoms with Gasteiger partial charge < -0.3 is 0 Å². The standard InChI is InChI=1S/C14H24.C10H20.C9H18.C9H20.2C8H18.C7H16.2C5H12/c1-13(2,3)14-7-10-4-11(8-14)6-12(5-10)9-14;1-10(2,3)9-7-5-4-6-8-9;1-9(2,3)8-6-4-5-7-8;1-8(2,3)7-9(4,5)6;1-7(2)6-8(3,4)5;1-7(2,3)8(4,5)6;1-6(2)7(3,4)5;2*1-5(2,3)4/h10-12H,4-9H2,1-3H3;9H,4-8H2,1-3H3;8H,4-7H2,1-3H3;7H2,1-6H3;7H,6H2,1-5H3;1-6H3;6H,1-5H3;2*1-4H3/i;;;;;;;1D3;. The van der Waals surface area contributed by atoms with E-state index in [-0.39, 0.29) is 0 Å². The van der Waals surface area contributed by atoms with Crippen LogP contribution >= 0.6 is 0 Å². The molecule has 75 heavy (non-hydrogen) atoms. The average molecular weight is 1060 g/mol. The van der Waals surface area contributed by atoms with Crippen LogP contribution in [0.5, 0.6) is 0 Å². The van der Waals surface area contributed by atoms with Crippen LogP contribution in [0.25, 0.3) is 0 Å². The van der Waals surface area contributed by atoms with E-state index in [0.29, 0.717) is 54.1 Å². The molecule has 6 aliphatic rings. The van der Waals surface area contributed by atoms with Crippen molar-refractivity contribution in [3.05, 3.63) is 0 Å². The number of hydrogen-bond donors (Lipinski definition) is 0. The van der Waals surface area contributed by atoms with Crippen LogP contribution < -0.4 is 0 Å². The maximum absolute atomic E-state index is 6.92. The molecule has 0 spiro atoms. The molecule has 0 heterocycles. The van der Waals surface area contributed by atoms with E-state index in [4.69, 9.17) is 4.11 Å². The molecule has 0 aliphatic heterocycles. The Balaban J connectivity index is -0.000000401. The molecular formula is C75H158. The fourth-order valence-electron chi connectivity index (χ4n) is 11.6. The summed E-state index contributed by atoms with van der Waals surface area (Å²) in [5, 5.41) is 0. The zero-order chi connectivity index (χ0) is 63.6. The van der Waals surface area contributed by atoms with Crippen LogP contribution in [-0.2, 0) is 0 Å². The smallest absolute Gasteiger partial charge is 0.0236 e. The van der Waals surface area contributed by atoms with Gasteiger partial charge in [-0.3, -0.25) is 0 Å². The van der Waals surface area contributed by atoms with Crippen molar-refractivity contribution in [3.8, 4) is 0 Å². The van der Waals surface area contributed by atoms with Gasteiger partial charge in [0, 0.05) is 4.11 Å². The van der Waals surface area contributed by atoms with Crippen LogP contribution in [-0.4, -0.2) is 0 Å². The molecule has 6 aliphatic carbocycles. The summed E-state index contributed by atoms with van der Waals surface area (Å²) in [6.07, 6.45) is 25.3. The summed E-state index contributed by atoms with van der Waals surface area (Å²) in [6.45, 7) is 83.8. The Morgan fingerprint density at radius 1 is 0.387 bits per heavy atom. The second kappa shape index (κ2) is 32.6. The molecule has 458 valence electrons. The Labute approximate surface area is 487 Å². The first-order valence-corrected chi connectivity index (χ1v) is 32.3. The normalized spacial score (nSPS) is 23.5. The van der Waals surface area contributed by atoms with Gasteiger partial charge in [-0.2, -0.15) is 0 Å². The van der Waals surface area contributed by atoms with Crippen LogP contribution in [0.1, 0.15) is 383 Å². The maximum Gasteiger partial charge on any atom is 0.0236 e. The van der Waals surface area contributed by atoms with E-state index >= 15 is 0 Å². The highest BCUT2D eigenvalue weighted by molar-refractivity contribution is 5.05. The quantitative estimate of drug-likeness (QED) is 0.246. The third-order valence-corrected chi connectivity index (χ3v) is 17.1. The molecule has 0 heteroatoms. The van der Waals surface area contributed by atoms with Gasteiger partial charge in [-0.15, -0.1) is 0 Å². The van der Waals surface area contributed by atoms with Crippen molar-refractivity contribution in [2.24, 2.45) is 106 Å². The molecule has 0 unspecified atom stereocenters. The van der Waals surface area contributed by atoms with Crippen molar-refractivity contribution in [1.29, 1.82) is 0 Å². The molecule has 6 fully saturated rings. The Kier molecular flexibility index (Phi) is 32.6. The lowest BCUT2D eigenvalue weighted by atomic mass is 9.43. The zero-order valence-corrected chi connectivity index (χ0v) is 60.6. The molecule has 0 amide bonds. The Morgan fingerprint density at radius 3 is 0.733 bits per heavy atom. The van der Waals surface area contributed by atoms with E-state index in [2.05, 4.69) is 242 Å². The SMILES string of the molecule is CC(C)(C)C.CC(C)(C)C(C)(C)C.CC(C)(C)C12CC3CC(CC(C3)C1)C2.CC(C)(C)C1CCCC1.CC(C)(C)C1CCCCC1.CC(C)(C)CC(C)(C)C.CC(C)C(C)(C)C.CC(C)CC(C)(C)C.[2H]C([2H])([2H])C(C)(C)C. The molecule has 0 aromatic heterocycles. The van der Waals surface area contributed by atoms with E-state index < -0.39 is 12.3 Å². The van der Waals surface area contributed by atoms with Crippen molar-refractivity contribution in [1.82, 2.24) is 0 Å². The third kappa shape index (κ3) is 48.4. The van der Waals surface area contributed by atoms with E-state index in [0.717, 1.165) is 46.8 Å². The summed E-state index contributed by atoms with van der Waals surface area (Å²) >= 11 is 0. The molecule has 6 rings (SSSR count). The van der Waals surface area contributed by atoms with Crippen LogP contribution in [0.2, 0.25) is 0 Å². The summed E-state index contributed by atoms with van der Waals surface area (Å²) in [6, 6.07) is 0. The lowest BCUT2D eigenvalue weighted by Gasteiger charge is -2.62. The molecule has 0 N–H and O–H groups in total. The van der Waals surface area contributed by atoms with Crippen LogP contribution in [0.4, 0.5) is 0 Å². The molecule has 0 saturated heterocycles. The van der Waals surface area contributed by atoms with Crippen molar-refractivity contribution < 1.29 is 4.11 Å². The van der Waals surface area contributed by atoms with Crippen molar-refractivity contribution >= 4 is 0 Å². The Hall–Kier alpha value is 0. The van der Waals surface area contributed by atoms with Gasteiger partial charge in [-0.05, 0) is 183 Å². The van der Waals surface area contributed by atoms with Gasteiger partial charge in [0.2, 0.25) is 0 Å². The second-order valence-corrected chi connectivity index (χ2v) is 39.2. The molecule has 0 atom stereocenters. The predicted molar refractivity (Wildman–Crippen MR) is 353 cm³/mol. The van der Waals surface area contributed by atoms with Crippen molar-refractivity contribution in [2.45, 2.75) is 379 Å². The first-order chi connectivity index (χ1) is 33.8. The van der Waals surface area contributed by atoms with Crippen molar-refractivity contribution in [3.63, 3.8) is 0 Å². The van der Waals surface area contributed by atoms with Gasteiger partial charge in [0.15, 0.2) is 0 Å². The van der Waals surface area contributed by atoms with Crippen molar-refractivity contribution in [2.75, 3.05) is 0 Å². The fraction of sp³-hybridized carbons (Fsp3) is 1.00. The minimum Gasteiger partial charge on any atom is -0.0628 e. The molecule has 0 aromatic rings. The van der Waals surface area contributed by atoms with Gasteiger partial charge in [0.1, 0.15) is 0 Å². The zero-order valence-electron chi connectivity index (χ0n) is 63.6. The van der Waals surface area contributed by atoms with Gasteiger partial charge >= 0.3 is 0 Å². The van der Waals surface area contributed by atoms with Crippen LogP contribution in [0.15, 0.2) is 0 Å². The van der Waals surface area contributed by atoms with Crippen LogP contribution in [0.3, 0.4) is 0 Å². The first-order valence-electron chi connectivity index (χ1n) is 33.8. The van der Waals surface area contributed by atoms with E-state index in [9.17, 15) is 0 Å². The number of hydrogen-bond acceptors (Lipinski definition) is 0. The summed E-state index contributed by atoms with van der Waals surface area (Å²) in [5.41, 5.74) is 5.25. The first kappa shape index (κ1) is 75.0. The topological polar surface area (TPSA) is 0 Å². The van der Waals surface area contributed by atoms with Gasteiger partial charge in [-0.1, -0.05) is 302 Å². The minimum atomic E-state index is -1.81. The Bertz CT molecular complexity index is 1370. The summed E-state index contributed by atoms with van der Waals surface area (Å²) in [5.74, 6) is 6.99. The summed E-state index contributed by atoms with van der Waals surface area (Å²) in [7, 11) is 0. The lowest BCUT2D eigenvalue weighted by molar-refractivity contribution is -0.113. The van der Waals surface area contributed by atoms with Gasteiger partial charge in [-0.25, -0.2) is 0 Å². The monoisotopic (exact) mass is 1060 g/mol. The molecule has 0 nitrogen and oxygen atoms in total. The minimum absolute atomic E-state index is 0.437. The summed E-state index contributed by atoms with van der Waals surface area (Å²) in [4.78, 5) is 0. The summed E-state index contributed by atoms with van der Waals surface area (Å²) < 4.78 is 20.8. The lowest BCUT2D eigenvalue weighted by Crippen LogP contribution is -2.51. The van der Waals surface area contributed by atoms with Crippen LogP contribution in [0, 0.1) is 106 Å². The average Bonchev–Trinajstić information content (AvgIpc) is 3.67. The van der Waals surface area contributed by atoms with E-state index in [1.165, 1.54) is 70.6 Å². The van der Waals surface area contributed by atoms with E-state index in [1.807, 2.05) is 0 Å².